The van der Waals surface area contributed by atoms with E-state index < -0.39 is 0 Å². The number of hydrogen-bond donors (Lipinski definition) is 1. The Labute approximate surface area is 125 Å². The van der Waals surface area contributed by atoms with Crippen molar-refractivity contribution >= 4 is 11.5 Å². The van der Waals surface area contributed by atoms with Crippen molar-refractivity contribution in [1.82, 2.24) is 4.90 Å². The Hall–Kier alpha value is -2.29. The van der Waals surface area contributed by atoms with Gasteiger partial charge in [0.15, 0.2) is 0 Å². The molecule has 2 aromatic carbocycles. The molecule has 2 aliphatic rings. The maximum atomic E-state index is 4.79. The van der Waals surface area contributed by atoms with Gasteiger partial charge in [-0.1, -0.05) is 42.0 Å². The highest BCUT2D eigenvalue weighted by Gasteiger charge is 2.32. The highest BCUT2D eigenvalue weighted by Crippen LogP contribution is 2.34. The smallest absolute Gasteiger partial charge is 0.134 e. The molecule has 0 amide bonds. The van der Waals surface area contributed by atoms with Crippen molar-refractivity contribution in [3.05, 3.63) is 65.2 Å². The van der Waals surface area contributed by atoms with Crippen LogP contribution >= 0.6 is 0 Å². The van der Waals surface area contributed by atoms with E-state index in [2.05, 4.69) is 65.7 Å². The predicted octanol–water partition coefficient (Wildman–Crippen LogP) is 3.57. The second kappa shape index (κ2) is 4.92. The van der Waals surface area contributed by atoms with Gasteiger partial charge in [-0.05, 0) is 31.0 Å². The highest BCUT2D eigenvalue weighted by atomic mass is 15.3. The maximum absolute atomic E-state index is 4.79. The zero-order valence-electron chi connectivity index (χ0n) is 12.2. The second-order valence-corrected chi connectivity index (χ2v) is 5.76. The molecular weight excluding hydrogens is 258 g/mol. The van der Waals surface area contributed by atoms with Crippen LogP contribution < -0.4 is 5.32 Å². The second-order valence-electron chi connectivity index (χ2n) is 5.76. The summed E-state index contributed by atoms with van der Waals surface area (Å²) in [5, 5.41) is 3.68. The van der Waals surface area contributed by atoms with E-state index in [1.807, 2.05) is 0 Å². The number of aryl methyl sites for hydroxylation is 1. The molecule has 3 heteroatoms. The first-order valence-electron chi connectivity index (χ1n) is 7.56. The number of rotatable bonds is 1. The lowest BCUT2D eigenvalue weighted by Gasteiger charge is -2.42. The fraction of sp³-hybridized carbons (Fsp3) is 0.278. The predicted molar refractivity (Wildman–Crippen MR) is 86.7 cm³/mol. The minimum absolute atomic E-state index is 0.180. The van der Waals surface area contributed by atoms with Gasteiger partial charge in [0.2, 0.25) is 0 Å². The van der Waals surface area contributed by atoms with Crippen LogP contribution in [-0.2, 0) is 0 Å². The van der Waals surface area contributed by atoms with Crippen LogP contribution in [0.4, 0.5) is 5.69 Å². The van der Waals surface area contributed by atoms with Gasteiger partial charge in [0.25, 0.3) is 0 Å². The Bertz CT molecular complexity index is 688. The number of nitrogens with one attached hydrogen (secondary N) is 1. The summed E-state index contributed by atoms with van der Waals surface area (Å²) in [6, 6.07) is 17.3. The Morgan fingerprint density at radius 2 is 1.90 bits per heavy atom. The first-order chi connectivity index (χ1) is 10.3. The molecule has 1 unspecified atom stereocenters. The van der Waals surface area contributed by atoms with Gasteiger partial charge in [0, 0.05) is 24.3 Å². The number of para-hydroxylation sites is 1. The Morgan fingerprint density at radius 3 is 2.76 bits per heavy atom. The molecule has 21 heavy (non-hydrogen) atoms. The lowest BCUT2D eigenvalue weighted by atomic mass is 10.0. The molecule has 1 atom stereocenters. The summed E-state index contributed by atoms with van der Waals surface area (Å²) in [5.74, 6) is 1.14. The number of amidine groups is 1. The molecule has 2 aromatic rings. The van der Waals surface area contributed by atoms with Crippen molar-refractivity contribution < 1.29 is 0 Å². The van der Waals surface area contributed by atoms with Gasteiger partial charge in [-0.25, -0.2) is 0 Å². The molecule has 0 aromatic heterocycles. The summed E-state index contributed by atoms with van der Waals surface area (Å²) in [7, 11) is 0. The summed E-state index contributed by atoms with van der Waals surface area (Å²) >= 11 is 0. The fourth-order valence-corrected chi connectivity index (χ4v) is 3.16. The molecule has 0 saturated carbocycles. The standard InChI is InChI=1S/C18H19N3/c1-13-7-9-14(10-8-13)17-20-16-6-3-2-5-15(16)18-19-11-4-12-21(17)18/h2-3,5-10,17,20H,4,11-12H2,1H3. The molecule has 2 aliphatic heterocycles. The molecule has 2 heterocycles. The molecule has 0 radical (unpaired) electrons. The number of benzene rings is 2. The average Bonchev–Trinajstić information content (AvgIpc) is 2.55. The molecule has 0 saturated heterocycles. The van der Waals surface area contributed by atoms with Crippen molar-refractivity contribution in [3.8, 4) is 0 Å². The van der Waals surface area contributed by atoms with E-state index in [0.29, 0.717) is 0 Å². The molecule has 0 fully saturated rings. The van der Waals surface area contributed by atoms with Gasteiger partial charge in [0.1, 0.15) is 12.0 Å². The van der Waals surface area contributed by atoms with Crippen molar-refractivity contribution in [3.63, 3.8) is 0 Å². The highest BCUT2D eigenvalue weighted by molar-refractivity contribution is 6.05. The maximum Gasteiger partial charge on any atom is 0.134 e. The Kier molecular flexibility index (Phi) is 2.92. The van der Waals surface area contributed by atoms with Gasteiger partial charge in [-0.15, -0.1) is 0 Å². The van der Waals surface area contributed by atoms with Crippen LogP contribution in [0.1, 0.15) is 29.3 Å². The third kappa shape index (κ3) is 2.09. The first-order valence-corrected chi connectivity index (χ1v) is 7.56. The van der Waals surface area contributed by atoms with E-state index in [9.17, 15) is 0 Å². The minimum atomic E-state index is 0.180. The fourth-order valence-electron chi connectivity index (χ4n) is 3.16. The lowest BCUT2D eigenvalue weighted by molar-refractivity contribution is 0.322. The topological polar surface area (TPSA) is 27.6 Å². The third-order valence-corrected chi connectivity index (χ3v) is 4.26. The van der Waals surface area contributed by atoms with E-state index in [1.54, 1.807) is 0 Å². The van der Waals surface area contributed by atoms with E-state index in [-0.39, 0.29) is 6.17 Å². The van der Waals surface area contributed by atoms with Crippen molar-refractivity contribution in [2.75, 3.05) is 18.4 Å². The summed E-state index contributed by atoms with van der Waals surface area (Å²) in [4.78, 5) is 7.19. The SMILES string of the molecule is Cc1ccc(C2Nc3ccccc3C3=NCCCN32)cc1. The first kappa shape index (κ1) is 12.5. The number of fused-ring (bicyclic) bond motifs is 3. The van der Waals surface area contributed by atoms with Gasteiger partial charge < -0.3 is 10.2 Å². The summed E-state index contributed by atoms with van der Waals surface area (Å²) in [5.41, 5.74) is 4.99. The molecule has 0 bridgehead atoms. The zero-order valence-corrected chi connectivity index (χ0v) is 12.2. The van der Waals surface area contributed by atoms with E-state index in [4.69, 9.17) is 4.99 Å². The van der Waals surface area contributed by atoms with Gasteiger partial charge in [-0.2, -0.15) is 0 Å². The van der Waals surface area contributed by atoms with Crippen molar-refractivity contribution in [2.45, 2.75) is 19.5 Å². The van der Waals surface area contributed by atoms with Crippen LogP contribution in [0.2, 0.25) is 0 Å². The quantitative estimate of drug-likeness (QED) is 0.863. The van der Waals surface area contributed by atoms with Crippen LogP contribution in [0.3, 0.4) is 0 Å². The van der Waals surface area contributed by atoms with Crippen LogP contribution in [-0.4, -0.2) is 23.8 Å². The number of anilines is 1. The summed E-state index contributed by atoms with van der Waals surface area (Å²) in [6.45, 7) is 4.11. The normalized spacial score (nSPS) is 20.1. The monoisotopic (exact) mass is 277 g/mol. The molecule has 3 nitrogen and oxygen atoms in total. The summed E-state index contributed by atoms with van der Waals surface area (Å²) < 4.78 is 0. The van der Waals surface area contributed by atoms with Crippen molar-refractivity contribution in [1.29, 1.82) is 0 Å². The molecular formula is C18H19N3. The van der Waals surface area contributed by atoms with Gasteiger partial charge >= 0.3 is 0 Å². The van der Waals surface area contributed by atoms with Crippen molar-refractivity contribution in [2.24, 2.45) is 4.99 Å². The molecule has 4 rings (SSSR count). The van der Waals surface area contributed by atoms with Crippen LogP contribution in [0, 0.1) is 6.92 Å². The van der Waals surface area contributed by atoms with E-state index in [1.165, 1.54) is 22.4 Å². The van der Waals surface area contributed by atoms with E-state index >= 15 is 0 Å². The number of hydrogen-bond acceptors (Lipinski definition) is 3. The van der Waals surface area contributed by atoms with Gasteiger partial charge in [0.05, 0.1) is 0 Å². The van der Waals surface area contributed by atoms with E-state index in [0.717, 1.165) is 25.3 Å². The van der Waals surface area contributed by atoms with Gasteiger partial charge in [-0.3, -0.25) is 4.99 Å². The largest absolute Gasteiger partial charge is 0.361 e. The number of aliphatic imine (C=N–C) groups is 1. The average molecular weight is 277 g/mol. The third-order valence-electron chi connectivity index (χ3n) is 4.26. The van der Waals surface area contributed by atoms with Crippen LogP contribution in [0.5, 0.6) is 0 Å². The molecule has 0 aliphatic carbocycles. The minimum Gasteiger partial charge on any atom is -0.361 e. The Balaban J connectivity index is 1.81. The lowest BCUT2D eigenvalue weighted by Crippen LogP contribution is -2.45. The molecule has 106 valence electrons. The number of nitrogens with zero attached hydrogens (tertiary/aromatic N) is 2. The summed E-state index contributed by atoms with van der Waals surface area (Å²) in [6.07, 6.45) is 1.30. The molecule has 1 N–H and O–H groups in total. The molecule has 0 spiro atoms. The van der Waals surface area contributed by atoms with Crippen LogP contribution in [0.25, 0.3) is 0 Å². The Morgan fingerprint density at radius 1 is 1.10 bits per heavy atom. The zero-order chi connectivity index (χ0) is 14.2. The van der Waals surface area contributed by atoms with Crippen LogP contribution in [0.15, 0.2) is 53.5 Å².